The molecule has 3 rings (SSSR count). The molecule has 0 saturated heterocycles. The summed E-state index contributed by atoms with van der Waals surface area (Å²) in [7, 11) is 0. The Bertz CT molecular complexity index is 642. The van der Waals surface area contributed by atoms with E-state index in [-0.39, 0.29) is 10.8 Å². The highest BCUT2D eigenvalue weighted by atomic mass is 14.5. The molecule has 3 atom stereocenters. The molecule has 0 bridgehead atoms. The van der Waals surface area contributed by atoms with Gasteiger partial charge in [-0.2, -0.15) is 0 Å². The smallest absolute Gasteiger partial charge is 0.000872 e. The first-order chi connectivity index (χ1) is 11.0. The molecule has 2 aliphatic carbocycles. The van der Waals surface area contributed by atoms with Gasteiger partial charge in [-0.1, -0.05) is 99.7 Å². The highest BCUT2D eigenvalue weighted by Gasteiger charge is 2.42. The van der Waals surface area contributed by atoms with Crippen molar-refractivity contribution in [1.29, 1.82) is 0 Å². The van der Waals surface area contributed by atoms with Crippen LogP contribution < -0.4 is 0 Å². The van der Waals surface area contributed by atoms with E-state index in [9.17, 15) is 0 Å². The molecule has 1 aromatic rings. The number of allylic oxidation sites excluding steroid dienone is 8. The Labute approximate surface area is 141 Å². The van der Waals surface area contributed by atoms with E-state index in [0.717, 1.165) is 12.8 Å². The van der Waals surface area contributed by atoms with Crippen molar-refractivity contribution in [2.24, 2.45) is 22.7 Å². The van der Waals surface area contributed by atoms with E-state index >= 15 is 0 Å². The summed E-state index contributed by atoms with van der Waals surface area (Å²) in [5.74, 6) is 1.15. The summed E-state index contributed by atoms with van der Waals surface area (Å²) >= 11 is 0. The second-order valence-corrected chi connectivity index (χ2v) is 7.77. The molecule has 23 heavy (non-hydrogen) atoms. The van der Waals surface area contributed by atoms with E-state index < -0.39 is 0 Å². The van der Waals surface area contributed by atoms with Crippen LogP contribution in [0.3, 0.4) is 0 Å². The van der Waals surface area contributed by atoms with Gasteiger partial charge in [-0.05, 0) is 41.1 Å². The van der Waals surface area contributed by atoms with Crippen molar-refractivity contribution in [3.63, 3.8) is 0 Å². The molecule has 3 unspecified atom stereocenters. The van der Waals surface area contributed by atoms with Crippen LogP contribution in [-0.2, 0) is 6.42 Å². The molecule has 0 saturated carbocycles. The summed E-state index contributed by atoms with van der Waals surface area (Å²) in [6.45, 7) is 7.18. The monoisotopic (exact) mass is 304 g/mol. The molecule has 0 N–H and O–H groups in total. The zero-order chi connectivity index (χ0) is 16.3. The van der Waals surface area contributed by atoms with E-state index in [1.807, 2.05) is 0 Å². The predicted molar refractivity (Wildman–Crippen MR) is 100 cm³/mol. The minimum atomic E-state index is 0.202. The molecule has 0 aliphatic heterocycles. The fraction of sp³-hybridized carbons (Fsp3) is 0.391. The van der Waals surface area contributed by atoms with Crippen molar-refractivity contribution in [3.8, 4) is 0 Å². The highest BCUT2D eigenvalue weighted by molar-refractivity contribution is 5.27. The van der Waals surface area contributed by atoms with Crippen LogP contribution in [0.4, 0.5) is 0 Å². The lowest BCUT2D eigenvalue weighted by Gasteiger charge is -2.46. The van der Waals surface area contributed by atoms with Crippen LogP contribution in [0.5, 0.6) is 0 Å². The van der Waals surface area contributed by atoms with Gasteiger partial charge in [0.25, 0.3) is 0 Å². The zero-order valence-corrected chi connectivity index (χ0v) is 14.6. The molecule has 0 heterocycles. The average Bonchev–Trinajstić information content (AvgIpc) is 2.56. The summed E-state index contributed by atoms with van der Waals surface area (Å²) in [5.41, 5.74) is 1.85. The third-order valence-corrected chi connectivity index (χ3v) is 5.81. The maximum Gasteiger partial charge on any atom is -0.000872 e. The molecule has 1 aromatic carbocycles. The zero-order valence-electron chi connectivity index (χ0n) is 14.6. The van der Waals surface area contributed by atoms with Gasteiger partial charge in [-0.15, -0.1) is 0 Å². The molecule has 120 valence electrons. The van der Waals surface area contributed by atoms with Gasteiger partial charge in [-0.25, -0.2) is 0 Å². The van der Waals surface area contributed by atoms with Crippen LogP contribution in [0, 0.1) is 22.7 Å². The Kier molecular flexibility index (Phi) is 4.43. The Morgan fingerprint density at radius 1 is 1.00 bits per heavy atom. The lowest BCUT2D eigenvalue weighted by Crippen LogP contribution is -2.39. The molecule has 0 aromatic heterocycles. The standard InChI is InChI=1S/C23H28/c1-19(21-14-8-11-15-22(21,2)3)23(16-9-5-10-17-23)18-20-12-6-4-7-13-20/h4-16,19,21H,17-18H2,1-3H3. The third-order valence-electron chi connectivity index (χ3n) is 5.81. The number of rotatable bonds is 4. The second-order valence-electron chi connectivity index (χ2n) is 7.77. The van der Waals surface area contributed by atoms with E-state index in [1.54, 1.807) is 0 Å². The Hall–Kier alpha value is -1.82. The largest absolute Gasteiger partial charge is 0.0837 e. The van der Waals surface area contributed by atoms with Crippen molar-refractivity contribution >= 4 is 0 Å². The van der Waals surface area contributed by atoms with Crippen molar-refractivity contribution in [1.82, 2.24) is 0 Å². The minimum Gasteiger partial charge on any atom is -0.0837 e. The predicted octanol–water partition coefficient (Wildman–Crippen LogP) is 6.14. The maximum absolute atomic E-state index is 2.47. The van der Waals surface area contributed by atoms with Crippen LogP contribution in [-0.4, -0.2) is 0 Å². The van der Waals surface area contributed by atoms with Gasteiger partial charge in [0.1, 0.15) is 0 Å². The van der Waals surface area contributed by atoms with Gasteiger partial charge in [0.2, 0.25) is 0 Å². The quantitative estimate of drug-likeness (QED) is 0.627. The van der Waals surface area contributed by atoms with Gasteiger partial charge >= 0.3 is 0 Å². The van der Waals surface area contributed by atoms with Crippen LogP contribution in [0.2, 0.25) is 0 Å². The van der Waals surface area contributed by atoms with Gasteiger partial charge in [0.05, 0.1) is 0 Å². The second kappa shape index (κ2) is 6.35. The van der Waals surface area contributed by atoms with Gasteiger partial charge in [-0.3, -0.25) is 0 Å². The summed E-state index contributed by atoms with van der Waals surface area (Å²) in [6.07, 6.45) is 20.7. The fourth-order valence-corrected chi connectivity index (χ4v) is 4.30. The SMILES string of the molecule is CC(C1C=CC=CC1(C)C)C1(Cc2ccccc2)C=CC=CC1. The summed E-state index contributed by atoms with van der Waals surface area (Å²) in [6, 6.07) is 10.9. The van der Waals surface area contributed by atoms with Crippen LogP contribution >= 0.6 is 0 Å². The normalized spacial score (nSPS) is 29.6. The molecule has 0 fully saturated rings. The maximum atomic E-state index is 2.47. The first-order valence-electron chi connectivity index (χ1n) is 8.78. The number of hydrogen-bond donors (Lipinski definition) is 0. The molecule has 2 aliphatic rings. The van der Waals surface area contributed by atoms with Crippen molar-refractivity contribution in [2.45, 2.75) is 33.6 Å². The molecule has 0 amide bonds. The van der Waals surface area contributed by atoms with Crippen molar-refractivity contribution in [3.05, 3.63) is 84.5 Å². The molecule has 0 nitrogen and oxygen atoms in total. The lowest BCUT2D eigenvalue weighted by molar-refractivity contribution is 0.130. The van der Waals surface area contributed by atoms with E-state index in [4.69, 9.17) is 0 Å². The van der Waals surface area contributed by atoms with E-state index in [0.29, 0.717) is 11.8 Å². The summed E-state index contributed by atoms with van der Waals surface area (Å²) in [4.78, 5) is 0. The fourth-order valence-electron chi connectivity index (χ4n) is 4.30. The lowest BCUT2D eigenvalue weighted by atomic mass is 9.58. The molecule has 0 radical (unpaired) electrons. The molecule has 0 heteroatoms. The van der Waals surface area contributed by atoms with Gasteiger partial charge < -0.3 is 0 Å². The Morgan fingerprint density at radius 2 is 1.74 bits per heavy atom. The molecule has 0 spiro atoms. The van der Waals surface area contributed by atoms with Crippen LogP contribution in [0.1, 0.15) is 32.8 Å². The van der Waals surface area contributed by atoms with Crippen LogP contribution in [0.15, 0.2) is 78.9 Å². The number of hydrogen-bond acceptors (Lipinski definition) is 0. The van der Waals surface area contributed by atoms with Gasteiger partial charge in [0.15, 0.2) is 0 Å². The first-order valence-corrected chi connectivity index (χ1v) is 8.78. The van der Waals surface area contributed by atoms with Crippen LogP contribution in [0.25, 0.3) is 0 Å². The summed E-state index contributed by atoms with van der Waals surface area (Å²) < 4.78 is 0. The number of benzene rings is 1. The van der Waals surface area contributed by atoms with E-state index in [2.05, 4.69) is 99.7 Å². The molecular formula is C23H28. The Morgan fingerprint density at radius 3 is 2.39 bits per heavy atom. The third kappa shape index (κ3) is 3.27. The topological polar surface area (TPSA) is 0 Å². The van der Waals surface area contributed by atoms with Crippen molar-refractivity contribution < 1.29 is 0 Å². The minimum absolute atomic E-state index is 0.202. The highest BCUT2D eigenvalue weighted by Crippen LogP contribution is 2.49. The van der Waals surface area contributed by atoms with Gasteiger partial charge in [0, 0.05) is 0 Å². The average molecular weight is 304 g/mol. The Balaban J connectivity index is 1.93. The summed E-state index contributed by atoms with van der Waals surface area (Å²) in [5, 5.41) is 0. The van der Waals surface area contributed by atoms with E-state index in [1.165, 1.54) is 5.56 Å². The molecular weight excluding hydrogens is 276 g/mol. The van der Waals surface area contributed by atoms with Crippen molar-refractivity contribution in [2.75, 3.05) is 0 Å². The first kappa shape index (κ1) is 16.1.